The molecule has 0 spiro atoms. The topological polar surface area (TPSA) is 83.7 Å². The van der Waals surface area contributed by atoms with Gasteiger partial charge >= 0.3 is 5.97 Å². The fourth-order valence-corrected chi connectivity index (χ4v) is 6.25. The van der Waals surface area contributed by atoms with Crippen molar-refractivity contribution in [3.63, 3.8) is 0 Å². The maximum atomic E-state index is 11.6. The second-order valence-corrected chi connectivity index (χ2v) is 11.3. The summed E-state index contributed by atoms with van der Waals surface area (Å²) in [6, 6.07) is 4.44. The molecule has 1 aromatic heterocycles. The quantitative estimate of drug-likeness (QED) is 0.391. The highest BCUT2D eigenvalue weighted by atomic mass is 32.1. The standard InChI is InChI=1S/C24H32N2O4S/c1-14(2)13-25(16-8-9-17(22(27)28)18(12-16)26(29)30)21-15(3)19-20(31-21)24(6,7)11-10-23(19,4)5/h8-9,12,14H,10-11,13H2,1-7H3,(H,27,28). The first-order valence-corrected chi connectivity index (χ1v) is 11.5. The molecule has 0 aliphatic heterocycles. The third kappa shape index (κ3) is 4.20. The van der Waals surface area contributed by atoms with Gasteiger partial charge in [0.25, 0.3) is 5.69 Å². The van der Waals surface area contributed by atoms with Gasteiger partial charge in [-0.25, -0.2) is 4.79 Å². The number of thiophene rings is 1. The predicted octanol–water partition coefficient (Wildman–Crippen LogP) is 6.81. The minimum atomic E-state index is -1.29. The molecule has 0 fully saturated rings. The van der Waals surface area contributed by atoms with E-state index in [4.69, 9.17) is 0 Å². The summed E-state index contributed by atoms with van der Waals surface area (Å²) < 4.78 is 0. The zero-order valence-corrected chi connectivity index (χ0v) is 20.2. The Bertz CT molecular complexity index is 1040. The molecule has 0 saturated carbocycles. The molecule has 1 aromatic carbocycles. The van der Waals surface area contributed by atoms with Gasteiger partial charge in [0.1, 0.15) is 5.56 Å². The molecule has 6 nitrogen and oxygen atoms in total. The number of hydrogen-bond acceptors (Lipinski definition) is 5. The average molecular weight is 445 g/mol. The minimum Gasteiger partial charge on any atom is -0.477 e. The predicted molar refractivity (Wildman–Crippen MR) is 126 cm³/mol. The molecule has 1 aliphatic carbocycles. The van der Waals surface area contributed by atoms with Crippen LogP contribution in [0.2, 0.25) is 0 Å². The molecule has 1 aliphatic rings. The number of hydrogen-bond donors (Lipinski definition) is 1. The van der Waals surface area contributed by atoms with Crippen LogP contribution in [0.15, 0.2) is 18.2 Å². The Kier molecular flexibility index (Phi) is 5.95. The van der Waals surface area contributed by atoms with Crippen LogP contribution >= 0.6 is 11.3 Å². The van der Waals surface area contributed by atoms with E-state index in [1.165, 1.54) is 28.1 Å². The van der Waals surface area contributed by atoms with Gasteiger partial charge < -0.3 is 10.0 Å². The molecule has 1 N–H and O–H groups in total. The van der Waals surface area contributed by atoms with Crippen LogP contribution in [0.1, 0.15) is 80.7 Å². The molecular formula is C24H32N2O4S. The van der Waals surface area contributed by atoms with Gasteiger partial charge in [0.05, 0.1) is 9.92 Å². The van der Waals surface area contributed by atoms with Crippen LogP contribution in [-0.4, -0.2) is 22.5 Å². The Labute approximate surface area is 188 Å². The van der Waals surface area contributed by atoms with E-state index in [-0.39, 0.29) is 22.1 Å². The fourth-order valence-electron chi connectivity index (χ4n) is 4.60. The normalized spacial score (nSPS) is 16.8. The summed E-state index contributed by atoms with van der Waals surface area (Å²) in [5.41, 5.74) is 2.77. The highest BCUT2D eigenvalue weighted by molar-refractivity contribution is 7.16. The van der Waals surface area contributed by atoms with Gasteiger partial charge in [-0.3, -0.25) is 10.1 Å². The number of carboxylic acids is 1. The Morgan fingerprint density at radius 1 is 1.23 bits per heavy atom. The Balaban J connectivity index is 2.23. The van der Waals surface area contributed by atoms with Gasteiger partial charge in [-0.05, 0) is 59.8 Å². The molecule has 0 bridgehead atoms. The van der Waals surface area contributed by atoms with E-state index >= 15 is 0 Å². The fraction of sp³-hybridized carbons (Fsp3) is 0.542. The van der Waals surface area contributed by atoms with Crippen LogP contribution in [0.3, 0.4) is 0 Å². The number of carbonyl (C=O) groups is 1. The van der Waals surface area contributed by atoms with Crippen molar-refractivity contribution < 1.29 is 14.8 Å². The van der Waals surface area contributed by atoms with Gasteiger partial charge in [0.15, 0.2) is 0 Å². The number of fused-ring (bicyclic) bond motifs is 1. The Morgan fingerprint density at radius 3 is 2.35 bits per heavy atom. The van der Waals surface area contributed by atoms with Gasteiger partial charge in [0.2, 0.25) is 0 Å². The number of anilines is 2. The summed E-state index contributed by atoms with van der Waals surface area (Å²) >= 11 is 1.78. The number of benzene rings is 1. The number of rotatable bonds is 6. The largest absolute Gasteiger partial charge is 0.477 e. The van der Waals surface area contributed by atoms with Crippen LogP contribution in [0.4, 0.5) is 16.4 Å². The summed E-state index contributed by atoms with van der Waals surface area (Å²) in [4.78, 5) is 26.0. The average Bonchev–Trinajstić information content (AvgIpc) is 3.02. The van der Waals surface area contributed by atoms with Crippen LogP contribution in [0.25, 0.3) is 0 Å². The molecule has 168 valence electrons. The first-order chi connectivity index (χ1) is 14.3. The maximum absolute atomic E-state index is 11.6. The van der Waals surface area contributed by atoms with Crippen molar-refractivity contribution in [1.82, 2.24) is 0 Å². The van der Waals surface area contributed by atoms with Crippen LogP contribution in [0, 0.1) is 23.0 Å². The number of nitro benzene ring substituents is 1. The van der Waals surface area contributed by atoms with Crippen molar-refractivity contribution in [2.45, 2.75) is 72.1 Å². The first-order valence-electron chi connectivity index (χ1n) is 10.7. The lowest BCUT2D eigenvalue weighted by atomic mass is 9.66. The molecule has 2 aromatic rings. The SMILES string of the molecule is Cc1c(N(CC(C)C)c2ccc(C(=O)O)c([N+](=O)[O-])c2)sc2c1C(C)(C)CCC2(C)C. The number of carboxylic acid groups (broad SMARTS) is 1. The molecule has 7 heteroatoms. The van der Waals surface area contributed by atoms with Crippen molar-refractivity contribution in [2.24, 2.45) is 5.92 Å². The summed E-state index contributed by atoms with van der Waals surface area (Å²) in [6.45, 7) is 16.2. The van der Waals surface area contributed by atoms with Crippen LogP contribution in [0.5, 0.6) is 0 Å². The van der Waals surface area contributed by atoms with E-state index in [0.717, 1.165) is 17.8 Å². The summed E-state index contributed by atoms with van der Waals surface area (Å²) in [7, 11) is 0. The van der Waals surface area contributed by atoms with E-state index in [0.29, 0.717) is 18.2 Å². The van der Waals surface area contributed by atoms with Gasteiger partial charge in [-0.15, -0.1) is 11.3 Å². The summed E-state index contributed by atoms with van der Waals surface area (Å²) in [5, 5.41) is 22.0. The van der Waals surface area contributed by atoms with Crippen molar-refractivity contribution in [2.75, 3.05) is 11.4 Å². The lowest BCUT2D eigenvalue weighted by molar-refractivity contribution is -0.385. The molecule has 0 unspecified atom stereocenters. The first kappa shape index (κ1) is 23.3. The van der Waals surface area contributed by atoms with Crippen molar-refractivity contribution in [3.05, 3.63) is 49.9 Å². The molecule has 31 heavy (non-hydrogen) atoms. The second kappa shape index (κ2) is 7.93. The van der Waals surface area contributed by atoms with E-state index in [1.54, 1.807) is 17.4 Å². The summed E-state index contributed by atoms with van der Waals surface area (Å²) in [5.74, 6) is -0.974. The molecule has 1 heterocycles. The molecule has 0 amide bonds. The number of nitrogens with zero attached hydrogens (tertiary/aromatic N) is 2. The smallest absolute Gasteiger partial charge is 0.342 e. The zero-order chi connectivity index (χ0) is 23.3. The third-order valence-electron chi connectivity index (χ3n) is 6.30. The lowest BCUT2D eigenvalue weighted by Gasteiger charge is -2.39. The third-order valence-corrected chi connectivity index (χ3v) is 7.98. The maximum Gasteiger partial charge on any atom is 0.342 e. The second-order valence-electron chi connectivity index (χ2n) is 10.3. The highest BCUT2D eigenvalue weighted by Gasteiger charge is 2.41. The zero-order valence-electron chi connectivity index (χ0n) is 19.4. The molecule has 0 radical (unpaired) electrons. The van der Waals surface area contributed by atoms with E-state index in [1.807, 2.05) is 0 Å². The van der Waals surface area contributed by atoms with E-state index in [9.17, 15) is 20.0 Å². The molecule has 0 saturated heterocycles. The van der Waals surface area contributed by atoms with Crippen LogP contribution in [-0.2, 0) is 10.8 Å². The van der Waals surface area contributed by atoms with Gasteiger partial charge in [0, 0.05) is 23.2 Å². The monoisotopic (exact) mass is 444 g/mol. The molecule has 0 atom stereocenters. The Morgan fingerprint density at radius 2 is 1.84 bits per heavy atom. The highest BCUT2D eigenvalue weighted by Crippen LogP contribution is 2.54. The number of aromatic carboxylic acids is 1. The molecular weight excluding hydrogens is 412 g/mol. The molecule has 3 rings (SSSR count). The van der Waals surface area contributed by atoms with Crippen molar-refractivity contribution >= 4 is 33.7 Å². The van der Waals surface area contributed by atoms with Crippen molar-refractivity contribution in [3.8, 4) is 0 Å². The Hall–Kier alpha value is -2.41. The van der Waals surface area contributed by atoms with Crippen molar-refractivity contribution in [1.29, 1.82) is 0 Å². The summed E-state index contributed by atoms with van der Waals surface area (Å²) in [6.07, 6.45) is 2.24. The van der Waals surface area contributed by atoms with E-state index in [2.05, 4.69) is 53.4 Å². The van der Waals surface area contributed by atoms with Gasteiger partial charge in [-0.1, -0.05) is 41.5 Å². The minimum absolute atomic E-state index is 0.0757. The van der Waals surface area contributed by atoms with Gasteiger partial charge in [-0.2, -0.15) is 0 Å². The lowest BCUT2D eigenvalue weighted by Crippen LogP contribution is -2.32. The van der Waals surface area contributed by atoms with Crippen LogP contribution < -0.4 is 4.90 Å². The number of nitro groups is 1. The van der Waals surface area contributed by atoms with E-state index < -0.39 is 10.9 Å².